The molecule has 2 rings (SSSR count). The quantitative estimate of drug-likeness (QED) is 0.846. The average Bonchev–Trinajstić information content (AvgIpc) is 2.45. The molecule has 0 saturated carbocycles. The Bertz CT molecular complexity index is 453. The lowest BCUT2D eigenvalue weighted by molar-refractivity contribution is -0.138. The maximum Gasteiger partial charge on any atom is 0.250 e. The Morgan fingerprint density at radius 3 is 3.25 bits per heavy atom. The summed E-state index contributed by atoms with van der Waals surface area (Å²) in [6.45, 7) is 5.03. The molecule has 0 aliphatic carbocycles. The summed E-state index contributed by atoms with van der Waals surface area (Å²) in [5, 5.41) is 2.88. The Labute approximate surface area is 119 Å². The Morgan fingerprint density at radius 2 is 2.50 bits per heavy atom. The zero-order valence-corrected chi connectivity index (χ0v) is 12.0. The zero-order valence-electron chi connectivity index (χ0n) is 12.0. The van der Waals surface area contributed by atoms with E-state index in [1.807, 2.05) is 26.1 Å². The van der Waals surface area contributed by atoms with Crippen molar-refractivity contribution in [3.8, 4) is 5.88 Å². The highest BCUT2D eigenvalue weighted by atomic mass is 16.5. The third-order valence-corrected chi connectivity index (χ3v) is 3.12. The van der Waals surface area contributed by atoms with Gasteiger partial charge in [0.25, 0.3) is 5.91 Å². The first-order chi connectivity index (χ1) is 9.69. The van der Waals surface area contributed by atoms with Gasteiger partial charge in [-0.05, 0) is 25.6 Å². The number of rotatable bonds is 5. The molecule has 1 aromatic rings. The van der Waals surface area contributed by atoms with Gasteiger partial charge >= 0.3 is 0 Å². The molecular weight excluding hydrogens is 258 g/mol. The van der Waals surface area contributed by atoms with Crippen molar-refractivity contribution in [1.82, 2.24) is 15.2 Å². The Hall–Kier alpha value is -1.66. The molecule has 0 spiro atoms. The van der Waals surface area contributed by atoms with Crippen molar-refractivity contribution < 1.29 is 14.3 Å². The molecule has 1 N–H and O–H groups in total. The third kappa shape index (κ3) is 4.18. The van der Waals surface area contributed by atoms with Gasteiger partial charge in [-0.1, -0.05) is 0 Å². The van der Waals surface area contributed by atoms with Crippen LogP contribution in [0.3, 0.4) is 0 Å². The average molecular weight is 279 g/mol. The fourth-order valence-electron chi connectivity index (χ4n) is 2.03. The van der Waals surface area contributed by atoms with Gasteiger partial charge in [-0.2, -0.15) is 0 Å². The van der Waals surface area contributed by atoms with Crippen molar-refractivity contribution >= 4 is 5.91 Å². The number of hydrogen-bond donors (Lipinski definition) is 1. The summed E-state index contributed by atoms with van der Waals surface area (Å²) in [5.41, 5.74) is 0.959. The first-order valence-corrected chi connectivity index (χ1v) is 6.84. The molecule has 1 aromatic heterocycles. The van der Waals surface area contributed by atoms with Crippen LogP contribution in [0.4, 0.5) is 0 Å². The van der Waals surface area contributed by atoms with E-state index in [4.69, 9.17) is 9.47 Å². The highest BCUT2D eigenvalue weighted by Gasteiger charge is 2.24. The molecular formula is C14H21N3O3. The molecule has 110 valence electrons. The molecule has 1 amide bonds. The normalized spacial score (nSPS) is 19.6. The number of likely N-dealkylation sites (N-methyl/N-ethyl adjacent to an activating group) is 1. The molecule has 0 bridgehead atoms. The molecule has 1 fully saturated rings. The minimum Gasteiger partial charge on any atom is -0.478 e. The Morgan fingerprint density at radius 1 is 1.65 bits per heavy atom. The highest BCUT2D eigenvalue weighted by Crippen LogP contribution is 2.09. The van der Waals surface area contributed by atoms with Crippen LogP contribution in [0.15, 0.2) is 18.3 Å². The Balaban J connectivity index is 1.85. The first kappa shape index (κ1) is 14.7. The minimum atomic E-state index is -0.387. The Kier molecular flexibility index (Phi) is 5.31. The van der Waals surface area contributed by atoms with E-state index in [2.05, 4.69) is 15.2 Å². The number of carbonyl (C=O) groups excluding carboxylic acids is 1. The van der Waals surface area contributed by atoms with E-state index in [0.717, 1.165) is 12.1 Å². The van der Waals surface area contributed by atoms with E-state index in [1.165, 1.54) is 0 Å². The molecule has 0 unspecified atom stereocenters. The summed E-state index contributed by atoms with van der Waals surface area (Å²) < 4.78 is 10.8. The van der Waals surface area contributed by atoms with E-state index < -0.39 is 0 Å². The van der Waals surface area contributed by atoms with Crippen molar-refractivity contribution in [3.63, 3.8) is 0 Å². The molecule has 2 heterocycles. The number of morpholine rings is 1. The number of carbonyl (C=O) groups is 1. The molecule has 1 aliphatic rings. The number of amides is 1. The number of aromatic nitrogens is 1. The summed E-state index contributed by atoms with van der Waals surface area (Å²) in [5.74, 6) is 0.499. The molecule has 20 heavy (non-hydrogen) atoms. The van der Waals surface area contributed by atoms with Crippen LogP contribution in [0.25, 0.3) is 0 Å². The molecule has 0 aromatic carbocycles. The SMILES string of the molecule is CCOc1cc(CNC(=O)[C@H]2CN(C)CCO2)ccn1. The van der Waals surface area contributed by atoms with Gasteiger partial charge in [-0.15, -0.1) is 0 Å². The monoisotopic (exact) mass is 279 g/mol. The fraction of sp³-hybridized carbons (Fsp3) is 0.571. The second-order valence-electron chi connectivity index (χ2n) is 4.77. The summed E-state index contributed by atoms with van der Waals surface area (Å²) in [4.78, 5) is 18.2. The van der Waals surface area contributed by atoms with E-state index >= 15 is 0 Å². The van der Waals surface area contributed by atoms with Gasteiger partial charge in [-0.25, -0.2) is 4.98 Å². The standard InChI is InChI=1S/C14H21N3O3/c1-3-19-13-8-11(4-5-15-13)9-16-14(18)12-10-17(2)6-7-20-12/h4-5,8,12H,3,6-7,9-10H2,1-2H3,(H,16,18)/t12-/m1/s1. The molecule has 1 aliphatic heterocycles. The van der Waals surface area contributed by atoms with Gasteiger partial charge in [0.15, 0.2) is 0 Å². The van der Waals surface area contributed by atoms with Crippen LogP contribution in [0, 0.1) is 0 Å². The van der Waals surface area contributed by atoms with Crippen molar-refractivity contribution in [1.29, 1.82) is 0 Å². The summed E-state index contributed by atoms with van der Waals surface area (Å²) in [6.07, 6.45) is 1.29. The fourth-order valence-corrected chi connectivity index (χ4v) is 2.03. The molecule has 0 radical (unpaired) electrons. The topological polar surface area (TPSA) is 63.7 Å². The van der Waals surface area contributed by atoms with Gasteiger partial charge in [0.05, 0.1) is 13.2 Å². The second-order valence-corrected chi connectivity index (χ2v) is 4.77. The van der Waals surface area contributed by atoms with Gasteiger partial charge < -0.3 is 19.7 Å². The summed E-state index contributed by atoms with van der Waals surface area (Å²) >= 11 is 0. The zero-order chi connectivity index (χ0) is 14.4. The number of nitrogens with one attached hydrogen (secondary N) is 1. The summed E-state index contributed by atoms with van der Waals surface area (Å²) in [7, 11) is 1.99. The van der Waals surface area contributed by atoms with Gasteiger partial charge in [0.2, 0.25) is 5.88 Å². The highest BCUT2D eigenvalue weighted by molar-refractivity contribution is 5.81. The number of pyridine rings is 1. The molecule has 6 nitrogen and oxygen atoms in total. The van der Waals surface area contributed by atoms with Crippen molar-refractivity contribution in [3.05, 3.63) is 23.9 Å². The van der Waals surface area contributed by atoms with Crippen LogP contribution in [-0.2, 0) is 16.1 Å². The van der Waals surface area contributed by atoms with Gasteiger partial charge in [0, 0.05) is 31.9 Å². The number of ether oxygens (including phenoxy) is 2. The van der Waals surface area contributed by atoms with Gasteiger partial charge in [0.1, 0.15) is 6.10 Å². The third-order valence-electron chi connectivity index (χ3n) is 3.12. The molecule has 1 atom stereocenters. The van der Waals surface area contributed by atoms with Crippen LogP contribution < -0.4 is 10.1 Å². The van der Waals surface area contributed by atoms with E-state index in [-0.39, 0.29) is 12.0 Å². The van der Waals surface area contributed by atoms with Crippen LogP contribution in [0.5, 0.6) is 5.88 Å². The van der Waals surface area contributed by atoms with Crippen molar-refractivity contribution in [2.45, 2.75) is 19.6 Å². The van der Waals surface area contributed by atoms with Crippen LogP contribution >= 0.6 is 0 Å². The van der Waals surface area contributed by atoms with Crippen LogP contribution in [0.1, 0.15) is 12.5 Å². The minimum absolute atomic E-state index is 0.0775. The predicted molar refractivity (Wildman–Crippen MR) is 74.5 cm³/mol. The predicted octanol–water partition coefficient (Wildman–Crippen LogP) is 0.427. The lowest BCUT2D eigenvalue weighted by atomic mass is 10.2. The van der Waals surface area contributed by atoms with E-state index in [1.54, 1.807) is 6.20 Å². The number of nitrogens with zero attached hydrogens (tertiary/aromatic N) is 2. The maximum absolute atomic E-state index is 12.0. The van der Waals surface area contributed by atoms with Crippen LogP contribution in [-0.4, -0.2) is 55.2 Å². The smallest absolute Gasteiger partial charge is 0.250 e. The van der Waals surface area contributed by atoms with E-state index in [0.29, 0.717) is 32.2 Å². The molecule has 1 saturated heterocycles. The lowest BCUT2D eigenvalue weighted by Crippen LogP contribution is -2.48. The lowest BCUT2D eigenvalue weighted by Gasteiger charge is -2.29. The number of hydrogen-bond acceptors (Lipinski definition) is 5. The molecule has 6 heteroatoms. The maximum atomic E-state index is 12.0. The summed E-state index contributed by atoms with van der Waals surface area (Å²) in [6, 6.07) is 3.69. The first-order valence-electron chi connectivity index (χ1n) is 6.84. The second kappa shape index (κ2) is 7.21. The largest absolute Gasteiger partial charge is 0.478 e. The van der Waals surface area contributed by atoms with Crippen LogP contribution in [0.2, 0.25) is 0 Å². The van der Waals surface area contributed by atoms with Gasteiger partial charge in [-0.3, -0.25) is 4.79 Å². The van der Waals surface area contributed by atoms with Crippen molar-refractivity contribution in [2.75, 3.05) is 33.4 Å². The van der Waals surface area contributed by atoms with E-state index in [9.17, 15) is 4.79 Å². The van der Waals surface area contributed by atoms with Crippen molar-refractivity contribution in [2.24, 2.45) is 0 Å².